The first-order valence-corrected chi connectivity index (χ1v) is 10.9. The summed E-state index contributed by atoms with van der Waals surface area (Å²) in [7, 11) is 0. The fourth-order valence-corrected chi connectivity index (χ4v) is 4.17. The van der Waals surface area contributed by atoms with Gasteiger partial charge in [-0.2, -0.15) is 4.98 Å². The summed E-state index contributed by atoms with van der Waals surface area (Å²) >= 11 is 1.55. The van der Waals surface area contributed by atoms with Gasteiger partial charge in [0.15, 0.2) is 0 Å². The number of carbonyl (C=O) groups is 2. The van der Waals surface area contributed by atoms with E-state index in [2.05, 4.69) is 29.3 Å². The number of carbonyl (C=O) groups excluding carboxylic acids is 2. The molecule has 0 atom stereocenters. The highest BCUT2D eigenvalue weighted by atomic mass is 32.1. The molecule has 0 aliphatic carbocycles. The van der Waals surface area contributed by atoms with Gasteiger partial charge < -0.3 is 14.7 Å². The minimum absolute atomic E-state index is 0.0133. The van der Waals surface area contributed by atoms with Crippen molar-refractivity contribution >= 4 is 23.2 Å². The van der Waals surface area contributed by atoms with Gasteiger partial charge >= 0.3 is 0 Å². The van der Waals surface area contributed by atoms with Crippen molar-refractivity contribution in [2.75, 3.05) is 13.1 Å². The first kappa shape index (κ1) is 20.5. The van der Waals surface area contributed by atoms with Gasteiger partial charge in [-0.3, -0.25) is 9.59 Å². The maximum atomic E-state index is 12.5. The molecule has 3 rings (SSSR count). The predicted octanol–water partition coefficient (Wildman–Crippen LogP) is 3.27. The largest absolute Gasteiger partial charge is 0.353 e. The molecule has 7 nitrogen and oxygen atoms in total. The number of nitrogens with one attached hydrogen (secondary N) is 1. The molecule has 0 bridgehead atoms. The van der Waals surface area contributed by atoms with E-state index in [9.17, 15) is 9.59 Å². The summed E-state index contributed by atoms with van der Waals surface area (Å²) in [5.41, 5.74) is 0. The number of aryl methyl sites for hydroxylation is 1. The van der Waals surface area contributed by atoms with Crippen molar-refractivity contribution in [3.8, 4) is 10.7 Å². The van der Waals surface area contributed by atoms with E-state index in [4.69, 9.17) is 4.52 Å². The normalized spacial score (nSPS) is 15.2. The van der Waals surface area contributed by atoms with Gasteiger partial charge in [-0.05, 0) is 37.1 Å². The van der Waals surface area contributed by atoms with Gasteiger partial charge in [0.05, 0.1) is 4.88 Å². The zero-order valence-corrected chi connectivity index (χ0v) is 17.3. The van der Waals surface area contributed by atoms with Crippen molar-refractivity contribution in [1.82, 2.24) is 20.4 Å². The van der Waals surface area contributed by atoms with E-state index in [1.54, 1.807) is 11.3 Å². The molecule has 2 aromatic heterocycles. The number of amides is 2. The van der Waals surface area contributed by atoms with Crippen LogP contribution in [-0.2, 0) is 16.0 Å². The zero-order valence-electron chi connectivity index (χ0n) is 16.5. The van der Waals surface area contributed by atoms with Crippen LogP contribution in [-0.4, -0.2) is 46.0 Å². The summed E-state index contributed by atoms with van der Waals surface area (Å²) in [5, 5.41) is 9.00. The van der Waals surface area contributed by atoms with Gasteiger partial charge in [-0.15, -0.1) is 11.3 Å². The lowest BCUT2D eigenvalue weighted by Crippen LogP contribution is -2.48. The lowest BCUT2D eigenvalue weighted by Gasteiger charge is -2.34. The van der Waals surface area contributed by atoms with Crippen LogP contribution in [0.1, 0.15) is 51.8 Å². The van der Waals surface area contributed by atoms with E-state index in [-0.39, 0.29) is 23.8 Å². The quantitative estimate of drug-likeness (QED) is 0.729. The van der Waals surface area contributed by atoms with Crippen LogP contribution in [0.2, 0.25) is 0 Å². The van der Waals surface area contributed by atoms with E-state index < -0.39 is 0 Å². The maximum absolute atomic E-state index is 12.5. The van der Waals surface area contributed by atoms with Crippen LogP contribution < -0.4 is 5.32 Å². The molecular weight excluding hydrogens is 376 g/mol. The molecule has 0 aromatic carbocycles. The van der Waals surface area contributed by atoms with Crippen LogP contribution in [0.25, 0.3) is 10.7 Å². The Kier molecular flexibility index (Phi) is 7.19. The Morgan fingerprint density at radius 1 is 1.32 bits per heavy atom. The minimum atomic E-state index is -0.0133. The second-order valence-corrected chi connectivity index (χ2v) is 8.12. The molecule has 2 amide bonds. The molecule has 2 aromatic rings. The summed E-state index contributed by atoms with van der Waals surface area (Å²) in [4.78, 5) is 32.0. The average Bonchev–Trinajstić information content (AvgIpc) is 3.39. The topological polar surface area (TPSA) is 88.3 Å². The van der Waals surface area contributed by atoms with E-state index in [0.717, 1.165) is 30.6 Å². The first-order chi connectivity index (χ1) is 13.6. The highest BCUT2D eigenvalue weighted by Crippen LogP contribution is 2.21. The van der Waals surface area contributed by atoms with Crippen LogP contribution in [0.4, 0.5) is 0 Å². The lowest BCUT2D eigenvalue weighted by atomic mass is 9.98. The third kappa shape index (κ3) is 5.19. The summed E-state index contributed by atoms with van der Waals surface area (Å²) in [5.74, 6) is 1.41. The summed E-state index contributed by atoms with van der Waals surface area (Å²) in [6.07, 6.45) is 4.13. The fraction of sp³-hybridized carbons (Fsp3) is 0.600. The van der Waals surface area contributed by atoms with Crippen LogP contribution in [0.3, 0.4) is 0 Å². The second kappa shape index (κ2) is 9.82. The van der Waals surface area contributed by atoms with E-state index in [1.807, 2.05) is 22.4 Å². The molecule has 0 radical (unpaired) electrons. The monoisotopic (exact) mass is 404 g/mol. The van der Waals surface area contributed by atoms with Gasteiger partial charge in [0.25, 0.3) is 0 Å². The van der Waals surface area contributed by atoms with Crippen LogP contribution in [0.15, 0.2) is 22.0 Å². The highest BCUT2D eigenvalue weighted by molar-refractivity contribution is 7.13. The highest BCUT2D eigenvalue weighted by Gasteiger charge is 2.27. The van der Waals surface area contributed by atoms with E-state index in [0.29, 0.717) is 37.6 Å². The van der Waals surface area contributed by atoms with Crippen molar-refractivity contribution < 1.29 is 14.1 Å². The second-order valence-electron chi connectivity index (χ2n) is 7.17. The zero-order chi connectivity index (χ0) is 19.9. The third-order valence-corrected chi connectivity index (χ3v) is 6.15. The molecule has 1 saturated heterocycles. The van der Waals surface area contributed by atoms with Crippen molar-refractivity contribution in [2.45, 2.75) is 58.4 Å². The van der Waals surface area contributed by atoms with Crippen molar-refractivity contribution in [3.63, 3.8) is 0 Å². The van der Waals surface area contributed by atoms with Crippen LogP contribution in [0, 0.1) is 5.92 Å². The third-order valence-electron chi connectivity index (χ3n) is 5.28. The molecule has 1 aliphatic rings. The molecule has 0 unspecified atom stereocenters. The van der Waals surface area contributed by atoms with Gasteiger partial charge in [0.1, 0.15) is 0 Å². The summed E-state index contributed by atoms with van der Waals surface area (Å²) in [6, 6.07) is 4.00. The Balaban J connectivity index is 1.40. The Morgan fingerprint density at radius 2 is 2.07 bits per heavy atom. The molecule has 3 heterocycles. The fourth-order valence-electron chi connectivity index (χ4n) is 3.52. The molecule has 0 spiro atoms. The lowest BCUT2D eigenvalue weighted by molar-refractivity contribution is -0.137. The molecule has 1 N–H and O–H groups in total. The summed E-state index contributed by atoms with van der Waals surface area (Å²) in [6.45, 7) is 5.56. The maximum Gasteiger partial charge on any atom is 0.227 e. The van der Waals surface area contributed by atoms with Crippen molar-refractivity contribution in [2.24, 2.45) is 5.92 Å². The Morgan fingerprint density at radius 3 is 2.71 bits per heavy atom. The number of nitrogens with zero attached hydrogens (tertiary/aromatic N) is 3. The summed E-state index contributed by atoms with van der Waals surface area (Å²) < 4.78 is 5.23. The van der Waals surface area contributed by atoms with Gasteiger partial charge in [-0.1, -0.05) is 25.1 Å². The SMILES string of the molecule is CCC(CC)C(=O)N1CCC(NC(=O)CCc2nc(-c3cccs3)no2)CC1. The number of aromatic nitrogens is 2. The molecule has 152 valence electrons. The molecule has 0 saturated carbocycles. The minimum Gasteiger partial charge on any atom is -0.353 e. The molecule has 28 heavy (non-hydrogen) atoms. The number of hydrogen-bond donors (Lipinski definition) is 1. The number of hydrogen-bond acceptors (Lipinski definition) is 6. The first-order valence-electron chi connectivity index (χ1n) is 10.0. The smallest absolute Gasteiger partial charge is 0.227 e. The Bertz CT molecular complexity index is 762. The molecular formula is C20H28N4O3S. The van der Waals surface area contributed by atoms with Gasteiger partial charge in [0.2, 0.25) is 23.5 Å². The van der Waals surface area contributed by atoms with Crippen molar-refractivity contribution in [3.05, 3.63) is 23.4 Å². The molecule has 8 heteroatoms. The standard InChI is InChI=1S/C20H28N4O3S/c1-3-14(4-2)20(26)24-11-9-15(10-12-24)21-17(25)7-8-18-22-19(23-27-18)16-6-5-13-28-16/h5-6,13-15H,3-4,7-12H2,1-2H3,(H,21,25). The average molecular weight is 405 g/mol. The van der Waals surface area contributed by atoms with Crippen LogP contribution >= 0.6 is 11.3 Å². The van der Waals surface area contributed by atoms with Crippen LogP contribution in [0.5, 0.6) is 0 Å². The number of rotatable bonds is 8. The number of likely N-dealkylation sites (tertiary alicyclic amines) is 1. The Labute approximate surface area is 169 Å². The number of piperidine rings is 1. The Hall–Kier alpha value is -2.22. The molecule has 1 fully saturated rings. The van der Waals surface area contributed by atoms with E-state index >= 15 is 0 Å². The van der Waals surface area contributed by atoms with E-state index in [1.165, 1.54) is 0 Å². The van der Waals surface area contributed by atoms with Crippen molar-refractivity contribution in [1.29, 1.82) is 0 Å². The van der Waals surface area contributed by atoms with Gasteiger partial charge in [0, 0.05) is 37.9 Å². The predicted molar refractivity (Wildman–Crippen MR) is 108 cm³/mol. The number of thiophene rings is 1. The molecule has 1 aliphatic heterocycles. The van der Waals surface area contributed by atoms with Gasteiger partial charge in [-0.25, -0.2) is 0 Å².